The molecule has 3 aromatic rings. The molecule has 1 fully saturated rings. The van der Waals surface area contributed by atoms with Gasteiger partial charge in [0.05, 0.1) is 33.8 Å². The number of hydrogen-bond donors (Lipinski definition) is 0. The second-order valence-corrected chi connectivity index (χ2v) is 11.5. The SMILES string of the molecule is CC[C@@H](C)N(C(=O)CSc1nc2ccccc2c(=O)n1-c1ccccc1)[C@@H]1CCS(=O)(=O)C1. The topological polar surface area (TPSA) is 89.3 Å². The molecule has 0 bridgehead atoms. The summed E-state index contributed by atoms with van der Waals surface area (Å²) in [6.07, 6.45) is 1.20. The molecule has 9 heteroatoms. The molecule has 1 aliphatic rings. The first-order valence-corrected chi connectivity index (χ1v) is 13.8. The standard InChI is InChI=1S/C24H27N3O4S2/c1-3-17(2)26(19-13-14-33(30,31)16-19)22(28)15-32-24-25-21-12-8-7-11-20(21)23(29)27(24)18-9-5-4-6-10-18/h4-12,17,19H,3,13-16H2,1-2H3/t17-,19-/m1/s1. The predicted molar refractivity (Wildman–Crippen MR) is 132 cm³/mol. The monoisotopic (exact) mass is 485 g/mol. The Kier molecular flexibility index (Phi) is 6.90. The lowest BCUT2D eigenvalue weighted by atomic mass is 10.1. The molecule has 0 saturated carbocycles. The number of para-hydroxylation sites is 2. The average molecular weight is 486 g/mol. The van der Waals surface area contributed by atoms with Crippen molar-refractivity contribution < 1.29 is 13.2 Å². The third-order valence-corrected chi connectivity index (χ3v) is 8.71. The van der Waals surface area contributed by atoms with Crippen molar-refractivity contribution in [3.63, 3.8) is 0 Å². The van der Waals surface area contributed by atoms with Crippen LogP contribution < -0.4 is 5.56 Å². The molecule has 2 atom stereocenters. The minimum Gasteiger partial charge on any atom is -0.335 e. The molecule has 1 saturated heterocycles. The lowest BCUT2D eigenvalue weighted by molar-refractivity contribution is -0.132. The van der Waals surface area contributed by atoms with Gasteiger partial charge in [-0.3, -0.25) is 14.2 Å². The van der Waals surface area contributed by atoms with E-state index < -0.39 is 9.84 Å². The molecule has 2 aromatic carbocycles. The van der Waals surface area contributed by atoms with Crippen LogP contribution in [0.25, 0.3) is 16.6 Å². The second-order valence-electron chi connectivity index (χ2n) is 8.29. The van der Waals surface area contributed by atoms with Crippen LogP contribution in [0.2, 0.25) is 0 Å². The average Bonchev–Trinajstić information content (AvgIpc) is 3.17. The van der Waals surface area contributed by atoms with Gasteiger partial charge in [0, 0.05) is 12.1 Å². The summed E-state index contributed by atoms with van der Waals surface area (Å²) < 4.78 is 25.6. The molecule has 174 valence electrons. The summed E-state index contributed by atoms with van der Waals surface area (Å²) in [7, 11) is -3.11. The largest absolute Gasteiger partial charge is 0.335 e. The lowest BCUT2D eigenvalue weighted by Crippen LogP contribution is -2.47. The van der Waals surface area contributed by atoms with Crippen LogP contribution in [0, 0.1) is 0 Å². The molecule has 0 spiro atoms. The number of thioether (sulfide) groups is 1. The maximum atomic E-state index is 13.3. The summed E-state index contributed by atoms with van der Waals surface area (Å²) in [5, 5.41) is 0.941. The Bertz CT molecular complexity index is 1320. The molecule has 33 heavy (non-hydrogen) atoms. The fourth-order valence-electron chi connectivity index (χ4n) is 4.22. The highest BCUT2D eigenvalue weighted by Crippen LogP contribution is 2.25. The van der Waals surface area contributed by atoms with E-state index in [2.05, 4.69) is 4.98 Å². The summed E-state index contributed by atoms with van der Waals surface area (Å²) in [6, 6.07) is 16.0. The van der Waals surface area contributed by atoms with Gasteiger partial charge in [0.15, 0.2) is 15.0 Å². The molecular formula is C24H27N3O4S2. The summed E-state index contributed by atoms with van der Waals surface area (Å²) in [6.45, 7) is 3.93. The number of carbonyl (C=O) groups is 1. The molecule has 0 aliphatic carbocycles. The maximum Gasteiger partial charge on any atom is 0.266 e. The number of sulfone groups is 1. The molecule has 0 unspecified atom stereocenters. The molecule has 0 radical (unpaired) electrons. The molecule has 4 rings (SSSR count). The normalized spacial score (nSPS) is 18.3. The number of fused-ring (bicyclic) bond motifs is 1. The van der Waals surface area contributed by atoms with Gasteiger partial charge in [0.25, 0.3) is 5.56 Å². The first-order valence-electron chi connectivity index (χ1n) is 11.0. The summed E-state index contributed by atoms with van der Waals surface area (Å²) in [5.74, 6) is 0.0541. The predicted octanol–water partition coefficient (Wildman–Crippen LogP) is 3.29. The first kappa shape index (κ1) is 23.5. The van der Waals surface area contributed by atoms with Crippen molar-refractivity contribution in [2.45, 2.75) is 43.9 Å². The molecule has 1 aliphatic heterocycles. The van der Waals surface area contributed by atoms with Crippen molar-refractivity contribution in [2.24, 2.45) is 0 Å². The second kappa shape index (κ2) is 9.69. The van der Waals surface area contributed by atoms with Crippen LogP contribution in [0.3, 0.4) is 0 Å². The van der Waals surface area contributed by atoms with Crippen LogP contribution in [-0.4, -0.2) is 58.1 Å². The quantitative estimate of drug-likeness (QED) is 0.377. The van der Waals surface area contributed by atoms with Gasteiger partial charge >= 0.3 is 0 Å². The van der Waals surface area contributed by atoms with E-state index in [0.29, 0.717) is 28.2 Å². The van der Waals surface area contributed by atoms with E-state index in [9.17, 15) is 18.0 Å². The molecule has 0 N–H and O–H groups in total. The van der Waals surface area contributed by atoms with Gasteiger partial charge in [-0.05, 0) is 44.0 Å². The summed E-state index contributed by atoms with van der Waals surface area (Å²) in [5.41, 5.74) is 1.06. The van der Waals surface area contributed by atoms with Crippen molar-refractivity contribution in [1.82, 2.24) is 14.5 Å². The molecule has 2 heterocycles. The van der Waals surface area contributed by atoms with Gasteiger partial charge < -0.3 is 4.90 Å². The number of rotatable bonds is 7. The number of benzene rings is 2. The minimum atomic E-state index is -3.11. The van der Waals surface area contributed by atoms with Gasteiger partial charge in [-0.25, -0.2) is 13.4 Å². The minimum absolute atomic E-state index is 0.0106. The summed E-state index contributed by atoms with van der Waals surface area (Å²) >= 11 is 1.21. The lowest BCUT2D eigenvalue weighted by Gasteiger charge is -2.33. The number of hydrogen-bond acceptors (Lipinski definition) is 6. The Labute approximate surface area is 197 Å². The maximum absolute atomic E-state index is 13.3. The van der Waals surface area contributed by atoms with Gasteiger partial charge in [-0.1, -0.05) is 49.0 Å². The summed E-state index contributed by atoms with van der Waals surface area (Å²) in [4.78, 5) is 33.0. The fourth-order valence-corrected chi connectivity index (χ4v) is 6.81. The van der Waals surface area contributed by atoms with E-state index in [1.165, 1.54) is 16.3 Å². The van der Waals surface area contributed by atoms with Crippen molar-refractivity contribution in [3.8, 4) is 5.69 Å². The van der Waals surface area contributed by atoms with Gasteiger partial charge in [0.1, 0.15) is 0 Å². The van der Waals surface area contributed by atoms with E-state index in [0.717, 1.165) is 6.42 Å². The highest BCUT2D eigenvalue weighted by Gasteiger charge is 2.36. The van der Waals surface area contributed by atoms with E-state index in [4.69, 9.17) is 0 Å². The van der Waals surface area contributed by atoms with Crippen LogP contribution in [-0.2, 0) is 14.6 Å². The highest BCUT2D eigenvalue weighted by molar-refractivity contribution is 7.99. The number of nitrogens with zero attached hydrogens (tertiary/aromatic N) is 3. The van der Waals surface area contributed by atoms with Crippen molar-refractivity contribution in [1.29, 1.82) is 0 Å². The smallest absolute Gasteiger partial charge is 0.266 e. The number of amides is 1. The highest BCUT2D eigenvalue weighted by atomic mass is 32.2. The van der Waals surface area contributed by atoms with E-state index in [1.807, 2.05) is 50.2 Å². The van der Waals surface area contributed by atoms with Crippen molar-refractivity contribution >= 4 is 38.4 Å². The molecular weight excluding hydrogens is 458 g/mol. The zero-order valence-corrected chi connectivity index (χ0v) is 20.3. The molecule has 7 nitrogen and oxygen atoms in total. The van der Waals surface area contributed by atoms with Gasteiger partial charge in [-0.15, -0.1) is 0 Å². The van der Waals surface area contributed by atoms with E-state index >= 15 is 0 Å². The van der Waals surface area contributed by atoms with E-state index in [-0.39, 0.29) is 40.8 Å². The van der Waals surface area contributed by atoms with Crippen LogP contribution >= 0.6 is 11.8 Å². The van der Waals surface area contributed by atoms with E-state index in [1.54, 1.807) is 23.1 Å². The third kappa shape index (κ3) is 4.99. The van der Waals surface area contributed by atoms with Gasteiger partial charge in [0.2, 0.25) is 5.91 Å². The Morgan fingerprint density at radius 3 is 2.55 bits per heavy atom. The van der Waals surface area contributed by atoms with Crippen LogP contribution in [0.4, 0.5) is 0 Å². The van der Waals surface area contributed by atoms with Gasteiger partial charge in [-0.2, -0.15) is 0 Å². The first-order chi connectivity index (χ1) is 15.8. The Morgan fingerprint density at radius 2 is 1.88 bits per heavy atom. The van der Waals surface area contributed by atoms with Crippen molar-refractivity contribution in [3.05, 3.63) is 65.0 Å². The Hall–Kier alpha value is -2.65. The zero-order chi connectivity index (χ0) is 23.6. The van der Waals surface area contributed by atoms with Crippen LogP contribution in [0.1, 0.15) is 26.7 Å². The van der Waals surface area contributed by atoms with Crippen LogP contribution in [0.5, 0.6) is 0 Å². The van der Waals surface area contributed by atoms with Crippen LogP contribution in [0.15, 0.2) is 64.5 Å². The Balaban J connectivity index is 1.67. The third-order valence-electron chi connectivity index (χ3n) is 6.04. The fraction of sp³-hybridized carbons (Fsp3) is 0.375. The van der Waals surface area contributed by atoms with Crippen molar-refractivity contribution in [2.75, 3.05) is 17.3 Å². The molecule has 1 amide bonds. The number of aromatic nitrogens is 2. The molecule has 1 aromatic heterocycles. The Morgan fingerprint density at radius 1 is 1.18 bits per heavy atom. The zero-order valence-electron chi connectivity index (χ0n) is 18.7. The number of carbonyl (C=O) groups excluding carboxylic acids is 1.